The summed E-state index contributed by atoms with van der Waals surface area (Å²) in [6.45, 7) is 4.45. The first-order chi connectivity index (χ1) is 12.8. The van der Waals surface area contributed by atoms with Gasteiger partial charge in [0.05, 0.1) is 23.3 Å². The molecule has 3 rings (SSSR count). The van der Waals surface area contributed by atoms with E-state index in [0.29, 0.717) is 17.2 Å². The van der Waals surface area contributed by atoms with Crippen LogP contribution in [0.3, 0.4) is 0 Å². The Kier molecular flexibility index (Phi) is 5.60. The number of sulfonamides is 1. The highest BCUT2D eigenvalue weighted by atomic mass is 32.2. The third-order valence-corrected chi connectivity index (χ3v) is 5.45. The minimum atomic E-state index is -3.70. The van der Waals surface area contributed by atoms with Crippen LogP contribution in [-0.4, -0.2) is 18.2 Å². The summed E-state index contributed by atoms with van der Waals surface area (Å²) >= 11 is 0. The van der Waals surface area contributed by atoms with Gasteiger partial charge in [-0.3, -0.25) is 9.40 Å². The van der Waals surface area contributed by atoms with Crippen molar-refractivity contribution in [2.45, 2.75) is 31.7 Å². The molecule has 0 amide bonds. The lowest BCUT2D eigenvalue weighted by molar-refractivity contribution is 0.585. The van der Waals surface area contributed by atoms with Crippen molar-refractivity contribution in [3.63, 3.8) is 0 Å². The molecule has 1 heterocycles. The summed E-state index contributed by atoms with van der Waals surface area (Å²) in [6, 6.07) is 13.3. The van der Waals surface area contributed by atoms with Crippen LogP contribution < -0.4 is 4.72 Å². The second-order valence-corrected chi connectivity index (χ2v) is 8.55. The van der Waals surface area contributed by atoms with Gasteiger partial charge in [0.15, 0.2) is 0 Å². The molecule has 142 valence electrons. The Bertz CT molecular complexity index is 1010. The molecule has 0 saturated heterocycles. The van der Waals surface area contributed by atoms with Crippen molar-refractivity contribution >= 4 is 15.7 Å². The van der Waals surface area contributed by atoms with Crippen molar-refractivity contribution in [1.29, 1.82) is 0 Å². The van der Waals surface area contributed by atoms with Crippen LogP contribution in [0.4, 0.5) is 10.1 Å². The van der Waals surface area contributed by atoms with E-state index in [2.05, 4.69) is 23.7 Å². The monoisotopic (exact) mass is 387 g/mol. The largest absolute Gasteiger partial charge is 0.276 e. The molecule has 0 radical (unpaired) electrons. The van der Waals surface area contributed by atoms with E-state index in [1.807, 2.05) is 12.1 Å². The molecule has 3 aromatic rings. The Morgan fingerprint density at radius 2 is 1.81 bits per heavy atom. The number of nitrogens with one attached hydrogen (secondary N) is 1. The molecular formula is C20H22FN3O2S. The quantitative estimate of drug-likeness (QED) is 0.665. The summed E-state index contributed by atoms with van der Waals surface area (Å²) in [5.74, 6) is 0.183. The third-order valence-electron chi connectivity index (χ3n) is 4.05. The second-order valence-electron chi connectivity index (χ2n) is 6.87. The number of benzene rings is 2. The van der Waals surface area contributed by atoms with Crippen molar-refractivity contribution < 1.29 is 12.8 Å². The number of halogens is 1. The lowest BCUT2D eigenvalue weighted by atomic mass is 10.0. The van der Waals surface area contributed by atoms with Gasteiger partial charge in [-0.05, 0) is 36.1 Å². The summed E-state index contributed by atoms with van der Waals surface area (Å²) in [5, 5.41) is 4.10. The number of rotatable bonds is 7. The molecule has 2 aromatic carbocycles. The van der Waals surface area contributed by atoms with Crippen LogP contribution in [0.1, 0.15) is 25.0 Å². The van der Waals surface area contributed by atoms with E-state index in [9.17, 15) is 12.8 Å². The molecule has 0 aliphatic rings. The van der Waals surface area contributed by atoms with Crippen LogP contribution in [0.25, 0.3) is 0 Å². The van der Waals surface area contributed by atoms with Crippen molar-refractivity contribution in [3.05, 3.63) is 77.9 Å². The zero-order valence-corrected chi connectivity index (χ0v) is 16.1. The highest BCUT2D eigenvalue weighted by Gasteiger charge is 2.15. The molecule has 0 aliphatic carbocycles. The molecule has 1 aromatic heterocycles. The maximum Gasteiger partial charge on any atom is 0.261 e. The number of hydrogen-bond donors (Lipinski definition) is 1. The number of hydrogen-bond acceptors (Lipinski definition) is 3. The van der Waals surface area contributed by atoms with Crippen molar-refractivity contribution in [3.8, 4) is 0 Å². The molecule has 0 atom stereocenters. The number of nitrogens with zero attached hydrogens (tertiary/aromatic N) is 2. The predicted octanol–water partition coefficient (Wildman–Crippen LogP) is 4.07. The fourth-order valence-electron chi connectivity index (χ4n) is 2.79. The van der Waals surface area contributed by atoms with Crippen LogP contribution in [0.15, 0.2) is 65.8 Å². The van der Waals surface area contributed by atoms with Crippen molar-refractivity contribution in [2.75, 3.05) is 4.72 Å². The van der Waals surface area contributed by atoms with Gasteiger partial charge in [0.25, 0.3) is 10.0 Å². The molecule has 0 bridgehead atoms. The average molecular weight is 387 g/mol. The van der Waals surface area contributed by atoms with Crippen molar-refractivity contribution in [2.24, 2.45) is 5.92 Å². The zero-order chi connectivity index (χ0) is 19.4. The van der Waals surface area contributed by atoms with Crippen LogP contribution >= 0.6 is 0 Å². The van der Waals surface area contributed by atoms with E-state index in [0.717, 1.165) is 12.0 Å². The number of aromatic nitrogens is 2. The normalized spacial score (nSPS) is 11.7. The van der Waals surface area contributed by atoms with E-state index in [4.69, 9.17) is 0 Å². The Morgan fingerprint density at radius 1 is 1.11 bits per heavy atom. The highest BCUT2D eigenvalue weighted by molar-refractivity contribution is 7.92. The van der Waals surface area contributed by atoms with Crippen molar-refractivity contribution in [1.82, 2.24) is 9.78 Å². The lowest BCUT2D eigenvalue weighted by Gasteiger charge is -2.08. The Morgan fingerprint density at radius 3 is 2.48 bits per heavy atom. The van der Waals surface area contributed by atoms with Gasteiger partial charge in [-0.15, -0.1) is 0 Å². The van der Waals surface area contributed by atoms with E-state index in [1.54, 1.807) is 30.3 Å². The van der Waals surface area contributed by atoms with Crippen LogP contribution in [0.5, 0.6) is 0 Å². The SMILES string of the molecule is CC(C)Cc1ccc(S(=O)(=O)Nc2cnn(Cc3ccccc3F)c2)cc1. The van der Waals surface area contributed by atoms with Gasteiger partial charge in [0, 0.05) is 11.8 Å². The first-order valence-electron chi connectivity index (χ1n) is 8.71. The van der Waals surface area contributed by atoms with Gasteiger partial charge >= 0.3 is 0 Å². The zero-order valence-electron chi connectivity index (χ0n) is 15.3. The minimum absolute atomic E-state index is 0.192. The molecule has 0 spiro atoms. The molecule has 0 saturated carbocycles. The summed E-state index contributed by atoms with van der Waals surface area (Å²) in [7, 11) is -3.70. The van der Waals surface area contributed by atoms with Crippen LogP contribution in [-0.2, 0) is 23.0 Å². The molecule has 0 fully saturated rings. The molecular weight excluding hydrogens is 365 g/mol. The summed E-state index contributed by atoms with van der Waals surface area (Å²) < 4.78 is 42.8. The Labute approximate surface area is 158 Å². The third kappa shape index (κ3) is 4.95. The standard InChI is InChI=1S/C20H22FN3O2S/c1-15(2)11-16-7-9-19(10-8-16)27(25,26)23-18-12-22-24(14-18)13-17-5-3-4-6-20(17)21/h3-10,12,14-15,23H,11,13H2,1-2H3. The van der Waals surface area contributed by atoms with Crippen LogP contribution in [0, 0.1) is 11.7 Å². The Balaban J connectivity index is 1.71. The fourth-order valence-corrected chi connectivity index (χ4v) is 3.82. The first-order valence-corrected chi connectivity index (χ1v) is 10.2. The topological polar surface area (TPSA) is 64.0 Å². The molecule has 7 heteroatoms. The van der Waals surface area contributed by atoms with Gasteiger partial charge in [0.2, 0.25) is 0 Å². The van der Waals surface area contributed by atoms with Gasteiger partial charge < -0.3 is 0 Å². The molecule has 0 aliphatic heterocycles. The summed E-state index contributed by atoms with van der Waals surface area (Å²) in [4.78, 5) is 0.192. The first kappa shape index (κ1) is 19.1. The predicted molar refractivity (Wildman–Crippen MR) is 104 cm³/mol. The van der Waals surface area contributed by atoms with Gasteiger partial charge in [0.1, 0.15) is 5.82 Å². The van der Waals surface area contributed by atoms with Gasteiger partial charge in [-0.2, -0.15) is 5.10 Å². The second kappa shape index (κ2) is 7.92. The maximum absolute atomic E-state index is 13.7. The molecule has 27 heavy (non-hydrogen) atoms. The van der Waals surface area contributed by atoms with E-state index in [1.165, 1.54) is 23.1 Å². The highest BCUT2D eigenvalue weighted by Crippen LogP contribution is 2.18. The molecule has 5 nitrogen and oxygen atoms in total. The number of anilines is 1. The minimum Gasteiger partial charge on any atom is -0.276 e. The average Bonchev–Trinajstić information content (AvgIpc) is 3.03. The van der Waals surface area contributed by atoms with E-state index in [-0.39, 0.29) is 17.3 Å². The Hall–Kier alpha value is -2.67. The lowest BCUT2D eigenvalue weighted by Crippen LogP contribution is -2.12. The van der Waals surface area contributed by atoms with Gasteiger partial charge in [-0.25, -0.2) is 12.8 Å². The smallest absolute Gasteiger partial charge is 0.261 e. The maximum atomic E-state index is 13.7. The van der Waals surface area contributed by atoms with Gasteiger partial charge in [-0.1, -0.05) is 44.2 Å². The van der Waals surface area contributed by atoms with E-state index < -0.39 is 10.0 Å². The summed E-state index contributed by atoms with van der Waals surface area (Å²) in [6.07, 6.45) is 3.85. The van der Waals surface area contributed by atoms with Crippen LogP contribution in [0.2, 0.25) is 0 Å². The van der Waals surface area contributed by atoms with E-state index >= 15 is 0 Å². The fraction of sp³-hybridized carbons (Fsp3) is 0.250. The molecule has 1 N–H and O–H groups in total. The molecule has 0 unspecified atom stereocenters. The summed E-state index contributed by atoms with van der Waals surface area (Å²) in [5.41, 5.74) is 1.91.